The van der Waals surface area contributed by atoms with Crippen molar-refractivity contribution < 1.29 is 24.9 Å². The van der Waals surface area contributed by atoms with E-state index in [0.717, 1.165) is 42.9 Å². The molecule has 2 fully saturated rings. The summed E-state index contributed by atoms with van der Waals surface area (Å²) in [6.07, 6.45) is 0.194. The van der Waals surface area contributed by atoms with Gasteiger partial charge in [-0.1, -0.05) is 66.7 Å². The molecule has 4 unspecified atom stereocenters. The Bertz CT molecular complexity index is 1820. The van der Waals surface area contributed by atoms with Gasteiger partial charge in [0.2, 0.25) is 0 Å². The third kappa shape index (κ3) is 7.23. The summed E-state index contributed by atoms with van der Waals surface area (Å²) in [5.41, 5.74) is 3.01. The molecule has 5 heterocycles. The van der Waals surface area contributed by atoms with Crippen LogP contribution in [-0.4, -0.2) is 96.4 Å². The Kier molecular flexibility index (Phi) is 10.1. The standard InChI is InChI=1S/C36H41N9O5/c46-21-27-31(47)32(48)35(50-27)45-22-40-30-33(38-19-26(23-9-3-1-4-10-23)24-11-5-2-6-12-24)42-28(43-34(30)45)20-39-36(49)41-25-14-17-44(18-15-25)29-13-7-8-16-37-29/h1-13,16,22,25-27,31-32,35,46-48H,14-15,17-21H2,(H,38,42,43)(H2,39,41,49). The van der Waals surface area contributed by atoms with Crippen molar-refractivity contribution in [1.29, 1.82) is 0 Å². The van der Waals surface area contributed by atoms with Crippen LogP contribution in [0.4, 0.5) is 16.4 Å². The molecule has 3 aromatic heterocycles. The molecule has 2 saturated heterocycles. The van der Waals surface area contributed by atoms with Gasteiger partial charge < -0.3 is 40.9 Å². The summed E-state index contributed by atoms with van der Waals surface area (Å²) in [5.74, 6) is 1.67. The van der Waals surface area contributed by atoms with Crippen LogP contribution in [0.15, 0.2) is 91.4 Å². The van der Waals surface area contributed by atoms with Crippen molar-refractivity contribution in [1.82, 2.24) is 35.1 Å². The Morgan fingerprint density at radius 3 is 2.24 bits per heavy atom. The quantitative estimate of drug-likeness (QED) is 0.121. The number of hydrogen-bond donors (Lipinski definition) is 6. The number of fused-ring (bicyclic) bond motifs is 1. The van der Waals surface area contributed by atoms with Crippen molar-refractivity contribution in [2.24, 2.45) is 0 Å². The smallest absolute Gasteiger partial charge is 0.315 e. The molecule has 2 aromatic carbocycles. The zero-order valence-electron chi connectivity index (χ0n) is 27.4. The molecule has 0 bridgehead atoms. The molecule has 50 heavy (non-hydrogen) atoms. The van der Waals surface area contributed by atoms with Crippen LogP contribution in [0.1, 0.15) is 41.9 Å². The van der Waals surface area contributed by atoms with Gasteiger partial charge in [-0.05, 0) is 36.1 Å². The maximum Gasteiger partial charge on any atom is 0.315 e. The van der Waals surface area contributed by atoms with Crippen LogP contribution in [0.2, 0.25) is 0 Å². The molecule has 0 saturated carbocycles. The van der Waals surface area contributed by atoms with Gasteiger partial charge >= 0.3 is 6.03 Å². The highest BCUT2D eigenvalue weighted by molar-refractivity contribution is 5.83. The Morgan fingerprint density at radius 1 is 0.900 bits per heavy atom. The summed E-state index contributed by atoms with van der Waals surface area (Å²) in [5, 5.41) is 40.4. The number of amides is 2. The molecule has 14 nitrogen and oxygen atoms in total. The van der Waals surface area contributed by atoms with Crippen LogP contribution in [0.25, 0.3) is 11.2 Å². The van der Waals surface area contributed by atoms with Crippen LogP contribution in [0.3, 0.4) is 0 Å². The minimum Gasteiger partial charge on any atom is -0.394 e. The number of benzene rings is 2. The van der Waals surface area contributed by atoms with Gasteiger partial charge in [0, 0.05) is 37.8 Å². The fourth-order valence-electron chi connectivity index (χ4n) is 6.65. The van der Waals surface area contributed by atoms with E-state index >= 15 is 0 Å². The van der Waals surface area contributed by atoms with E-state index in [1.807, 2.05) is 54.6 Å². The van der Waals surface area contributed by atoms with Crippen molar-refractivity contribution in [3.63, 3.8) is 0 Å². The van der Waals surface area contributed by atoms with Gasteiger partial charge in [0.1, 0.15) is 24.1 Å². The fraction of sp³-hybridized carbons (Fsp3) is 0.361. The minimum atomic E-state index is -1.33. The second-order valence-corrected chi connectivity index (χ2v) is 12.6. The minimum absolute atomic E-state index is 0.0110. The molecule has 0 spiro atoms. The number of anilines is 2. The number of hydrogen-bond acceptors (Lipinski definition) is 11. The van der Waals surface area contributed by atoms with Gasteiger partial charge in [-0.3, -0.25) is 4.57 Å². The third-order valence-corrected chi connectivity index (χ3v) is 9.35. The number of nitrogens with zero attached hydrogens (tertiary/aromatic N) is 6. The summed E-state index contributed by atoms with van der Waals surface area (Å²) < 4.78 is 7.33. The molecule has 2 aliphatic rings. The lowest BCUT2D eigenvalue weighted by molar-refractivity contribution is -0.0511. The van der Waals surface area contributed by atoms with E-state index in [4.69, 9.17) is 14.7 Å². The predicted octanol–water partition coefficient (Wildman–Crippen LogP) is 2.54. The highest BCUT2D eigenvalue weighted by Crippen LogP contribution is 2.33. The van der Waals surface area contributed by atoms with Crippen LogP contribution in [0.5, 0.6) is 0 Å². The first-order valence-corrected chi connectivity index (χ1v) is 16.9. The molecular weight excluding hydrogens is 638 g/mol. The number of aromatic nitrogens is 5. The molecular formula is C36H41N9O5. The van der Waals surface area contributed by atoms with Crippen LogP contribution >= 0.6 is 0 Å². The molecule has 0 aliphatic carbocycles. The second kappa shape index (κ2) is 15.2. The number of rotatable bonds is 11. The number of piperidine rings is 1. The van der Waals surface area contributed by atoms with Gasteiger partial charge in [0.25, 0.3) is 0 Å². The van der Waals surface area contributed by atoms with Crippen LogP contribution in [0, 0.1) is 0 Å². The Labute approximate surface area is 289 Å². The lowest BCUT2D eigenvalue weighted by Crippen LogP contribution is -2.48. The van der Waals surface area contributed by atoms with E-state index in [2.05, 4.69) is 55.1 Å². The second-order valence-electron chi connectivity index (χ2n) is 12.6. The first-order chi connectivity index (χ1) is 24.5. The Balaban J connectivity index is 1.10. The molecule has 260 valence electrons. The van der Waals surface area contributed by atoms with Gasteiger partial charge in [-0.2, -0.15) is 0 Å². The number of urea groups is 1. The zero-order valence-corrected chi connectivity index (χ0v) is 27.4. The molecule has 7 rings (SSSR count). The maximum absolute atomic E-state index is 13.0. The number of carbonyl (C=O) groups is 1. The number of aliphatic hydroxyl groups is 3. The predicted molar refractivity (Wildman–Crippen MR) is 186 cm³/mol. The van der Waals surface area contributed by atoms with Crippen molar-refractivity contribution in [2.75, 3.05) is 36.5 Å². The third-order valence-electron chi connectivity index (χ3n) is 9.35. The van der Waals surface area contributed by atoms with E-state index in [0.29, 0.717) is 29.4 Å². The summed E-state index contributed by atoms with van der Waals surface area (Å²) in [6.45, 7) is 1.61. The van der Waals surface area contributed by atoms with Crippen molar-refractivity contribution in [3.05, 3.63) is 108 Å². The molecule has 0 radical (unpaired) electrons. The normalized spacial score (nSPS) is 21.1. The highest BCUT2D eigenvalue weighted by atomic mass is 16.6. The first-order valence-electron chi connectivity index (χ1n) is 16.9. The largest absolute Gasteiger partial charge is 0.394 e. The number of nitrogens with one attached hydrogen (secondary N) is 3. The lowest BCUT2D eigenvalue weighted by Gasteiger charge is -2.33. The van der Waals surface area contributed by atoms with Crippen molar-refractivity contribution >= 4 is 28.8 Å². The van der Waals surface area contributed by atoms with Crippen molar-refractivity contribution in [3.8, 4) is 0 Å². The van der Waals surface area contributed by atoms with E-state index in [-0.39, 0.29) is 24.5 Å². The SMILES string of the molecule is O=C(NCc1nc(NCC(c2ccccc2)c2ccccc2)c2ncn(C3OC(CO)C(O)C3O)c2n1)NC1CCN(c2ccccn2)CC1. The summed E-state index contributed by atoms with van der Waals surface area (Å²) in [4.78, 5) is 33.8. The monoisotopic (exact) mass is 679 g/mol. The maximum atomic E-state index is 13.0. The first kappa shape index (κ1) is 33.4. The number of pyridine rings is 1. The molecule has 14 heteroatoms. The zero-order chi connectivity index (χ0) is 34.5. The number of aliphatic hydroxyl groups excluding tert-OH is 3. The number of ether oxygens (including phenoxy) is 1. The average Bonchev–Trinajstić information content (AvgIpc) is 3.71. The summed E-state index contributed by atoms with van der Waals surface area (Å²) >= 11 is 0. The summed E-state index contributed by atoms with van der Waals surface area (Å²) in [7, 11) is 0. The molecule has 5 aromatic rings. The Hall–Kier alpha value is -5.15. The molecule has 4 atom stereocenters. The number of imidazole rings is 1. The number of carbonyl (C=O) groups excluding carboxylic acids is 1. The lowest BCUT2D eigenvalue weighted by atomic mass is 9.91. The van der Waals surface area contributed by atoms with Gasteiger partial charge in [-0.25, -0.2) is 24.7 Å². The van der Waals surface area contributed by atoms with Gasteiger partial charge in [0.05, 0.1) is 19.5 Å². The Morgan fingerprint density at radius 2 is 1.60 bits per heavy atom. The molecule has 6 N–H and O–H groups in total. The van der Waals surface area contributed by atoms with E-state index < -0.39 is 31.1 Å². The van der Waals surface area contributed by atoms with Crippen LogP contribution in [-0.2, 0) is 11.3 Å². The van der Waals surface area contributed by atoms with E-state index in [1.165, 1.54) is 10.9 Å². The summed E-state index contributed by atoms with van der Waals surface area (Å²) in [6, 6.07) is 25.9. The molecule has 2 amide bonds. The fourth-order valence-corrected chi connectivity index (χ4v) is 6.65. The van der Waals surface area contributed by atoms with Gasteiger partial charge in [-0.15, -0.1) is 0 Å². The average molecular weight is 680 g/mol. The topological polar surface area (TPSA) is 183 Å². The van der Waals surface area contributed by atoms with Crippen molar-refractivity contribution in [2.45, 2.75) is 55.9 Å². The van der Waals surface area contributed by atoms with Crippen LogP contribution < -0.4 is 20.9 Å². The van der Waals surface area contributed by atoms with Gasteiger partial charge in [0.15, 0.2) is 29.0 Å². The highest BCUT2D eigenvalue weighted by Gasteiger charge is 2.44. The van der Waals surface area contributed by atoms with E-state index in [1.54, 1.807) is 6.20 Å². The molecule has 2 aliphatic heterocycles. The van der Waals surface area contributed by atoms with E-state index in [9.17, 15) is 20.1 Å².